The second-order valence-electron chi connectivity index (χ2n) is 5.73. The van der Waals surface area contributed by atoms with Gasteiger partial charge in [-0.3, -0.25) is 9.20 Å². The van der Waals surface area contributed by atoms with E-state index in [-0.39, 0.29) is 5.56 Å². The summed E-state index contributed by atoms with van der Waals surface area (Å²) in [5.74, 6) is 0. The summed E-state index contributed by atoms with van der Waals surface area (Å²) in [7, 11) is 0. The molecule has 0 saturated carbocycles. The lowest BCUT2D eigenvalue weighted by molar-refractivity contribution is 1.18. The second-order valence-corrected chi connectivity index (χ2v) is 6.74. The molecule has 5 aromatic rings. The van der Waals surface area contributed by atoms with Gasteiger partial charge in [-0.2, -0.15) is 0 Å². The Morgan fingerprint density at radius 1 is 0.833 bits per heavy atom. The van der Waals surface area contributed by atoms with E-state index in [4.69, 9.17) is 0 Å². The molecule has 3 aromatic carbocycles. The van der Waals surface area contributed by atoms with Crippen molar-refractivity contribution in [2.24, 2.45) is 0 Å². The van der Waals surface area contributed by atoms with Gasteiger partial charge in [-0.1, -0.05) is 59.9 Å². The highest BCUT2D eigenvalue weighted by Crippen LogP contribution is 2.29. The van der Waals surface area contributed by atoms with E-state index < -0.39 is 0 Å². The van der Waals surface area contributed by atoms with Crippen LogP contribution in [0.5, 0.6) is 0 Å². The molecule has 24 heavy (non-hydrogen) atoms. The van der Waals surface area contributed by atoms with Crippen molar-refractivity contribution >= 4 is 38.1 Å². The first-order chi connectivity index (χ1) is 11.8. The van der Waals surface area contributed by atoms with Gasteiger partial charge in [0.1, 0.15) is 0 Å². The summed E-state index contributed by atoms with van der Waals surface area (Å²) < 4.78 is 1.69. The Kier molecular flexibility index (Phi) is 2.81. The van der Waals surface area contributed by atoms with E-state index in [9.17, 15) is 4.79 Å². The third-order valence-corrected chi connectivity index (χ3v) is 5.27. The van der Waals surface area contributed by atoms with Gasteiger partial charge in [-0.15, -0.1) is 0 Å². The summed E-state index contributed by atoms with van der Waals surface area (Å²) >= 11 is 1.54. The molecule has 0 aliphatic heterocycles. The summed E-state index contributed by atoms with van der Waals surface area (Å²) in [6.45, 7) is 0. The number of nitrogens with zero attached hydrogens (tertiary/aromatic N) is 2. The maximum Gasteiger partial charge on any atom is 0.258 e. The molecule has 114 valence electrons. The van der Waals surface area contributed by atoms with Crippen molar-refractivity contribution in [3.63, 3.8) is 0 Å². The highest BCUT2D eigenvalue weighted by molar-refractivity contribution is 7.20. The van der Waals surface area contributed by atoms with Crippen molar-refractivity contribution in [3.8, 4) is 10.4 Å². The minimum atomic E-state index is -0.0411. The van der Waals surface area contributed by atoms with Gasteiger partial charge in [-0.05, 0) is 34.5 Å². The van der Waals surface area contributed by atoms with Crippen LogP contribution in [0.4, 0.5) is 0 Å². The Hall–Kier alpha value is -2.98. The van der Waals surface area contributed by atoms with Gasteiger partial charge < -0.3 is 0 Å². The topological polar surface area (TPSA) is 34.4 Å². The highest BCUT2D eigenvalue weighted by Gasteiger charge is 2.10. The van der Waals surface area contributed by atoms with E-state index in [1.54, 1.807) is 21.8 Å². The van der Waals surface area contributed by atoms with Gasteiger partial charge in [0.25, 0.3) is 5.56 Å². The predicted octanol–water partition coefficient (Wildman–Crippen LogP) is 4.73. The van der Waals surface area contributed by atoms with Crippen molar-refractivity contribution in [3.05, 3.63) is 83.2 Å². The Bertz CT molecular complexity index is 1280. The number of aromatic nitrogens is 2. The summed E-state index contributed by atoms with van der Waals surface area (Å²) in [4.78, 5) is 18.9. The third kappa shape index (κ3) is 1.97. The summed E-state index contributed by atoms with van der Waals surface area (Å²) in [6, 6.07) is 23.9. The molecule has 2 aromatic heterocycles. The molecule has 2 heterocycles. The molecule has 5 rings (SSSR count). The van der Waals surface area contributed by atoms with Crippen molar-refractivity contribution in [2.75, 3.05) is 0 Å². The zero-order valence-electron chi connectivity index (χ0n) is 12.6. The Balaban J connectivity index is 1.79. The first kappa shape index (κ1) is 13.5. The highest BCUT2D eigenvalue weighted by atomic mass is 32.1. The monoisotopic (exact) mass is 328 g/mol. The average molecular weight is 328 g/mol. The smallest absolute Gasteiger partial charge is 0.258 e. The Labute approximate surface area is 141 Å². The second kappa shape index (κ2) is 5.01. The molecule has 0 bridgehead atoms. The number of fused-ring (bicyclic) bond motifs is 4. The summed E-state index contributed by atoms with van der Waals surface area (Å²) in [5, 5.41) is 2.37. The minimum absolute atomic E-state index is 0.0411. The Morgan fingerprint density at radius 2 is 1.62 bits per heavy atom. The van der Waals surface area contributed by atoms with E-state index in [0.717, 1.165) is 26.4 Å². The van der Waals surface area contributed by atoms with Gasteiger partial charge in [0.2, 0.25) is 0 Å². The van der Waals surface area contributed by atoms with Crippen LogP contribution in [0.1, 0.15) is 0 Å². The first-order valence-electron chi connectivity index (χ1n) is 7.70. The molecular formula is C20H12N2OS. The zero-order chi connectivity index (χ0) is 16.1. The lowest BCUT2D eigenvalue weighted by Gasteiger charge is -2.04. The van der Waals surface area contributed by atoms with Gasteiger partial charge >= 0.3 is 0 Å². The van der Waals surface area contributed by atoms with Crippen LogP contribution >= 0.6 is 11.3 Å². The van der Waals surface area contributed by atoms with Crippen LogP contribution in [0.2, 0.25) is 0 Å². The first-order valence-corrected chi connectivity index (χ1v) is 8.52. The lowest BCUT2D eigenvalue weighted by atomic mass is 10.1. The fourth-order valence-electron chi connectivity index (χ4n) is 3.07. The van der Waals surface area contributed by atoms with Crippen LogP contribution in [-0.4, -0.2) is 9.38 Å². The van der Waals surface area contributed by atoms with Crippen LogP contribution in [0, 0.1) is 0 Å². The number of hydrogen-bond acceptors (Lipinski definition) is 3. The molecule has 0 atom stereocenters. The maximum absolute atomic E-state index is 12.6. The van der Waals surface area contributed by atoms with Gasteiger partial charge in [0.15, 0.2) is 4.96 Å². The lowest BCUT2D eigenvalue weighted by Crippen LogP contribution is -2.09. The van der Waals surface area contributed by atoms with E-state index >= 15 is 0 Å². The molecule has 0 N–H and O–H groups in total. The fraction of sp³-hybridized carbons (Fsp3) is 0. The molecule has 0 fully saturated rings. The van der Waals surface area contributed by atoms with E-state index in [1.807, 2.05) is 36.4 Å². The maximum atomic E-state index is 12.6. The SMILES string of the molecule is O=c1cc(-c2ccc3ccccc3c2)sc2nc3ccccc3n12. The van der Waals surface area contributed by atoms with Crippen molar-refractivity contribution in [1.82, 2.24) is 9.38 Å². The number of benzene rings is 3. The van der Waals surface area contributed by atoms with Crippen LogP contribution in [0.3, 0.4) is 0 Å². The van der Waals surface area contributed by atoms with E-state index in [1.165, 1.54) is 10.8 Å². The molecular weight excluding hydrogens is 316 g/mol. The van der Waals surface area contributed by atoms with Gasteiger partial charge in [0.05, 0.1) is 11.0 Å². The van der Waals surface area contributed by atoms with Crippen molar-refractivity contribution in [2.45, 2.75) is 0 Å². The largest absolute Gasteiger partial charge is 0.269 e. The average Bonchev–Trinajstić information content (AvgIpc) is 3.00. The van der Waals surface area contributed by atoms with Crippen molar-refractivity contribution < 1.29 is 0 Å². The molecule has 3 nitrogen and oxygen atoms in total. The van der Waals surface area contributed by atoms with Crippen molar-refractivity contribution in [1.29, 1.82) is 0 Å². The number of rotatable bonds is 1. The fourth-order valence-corrected chi connectivity index (χ4v) is 4.10. The predicted molar refractivity (Wildman–Crippen MR) is 99.8 cm³/mol. The third-order valence-electron chi connectivity index (χ3n) is 4.24. The Morgan fingerprint density at radius 3 is 2.54 bits per heavy atom. The minimum Gasteiger partial charge on any atom is -0.269 e. The molecule has 4 heteroatoms. The molecule has 0 unspecified atom stereocenters. The summed E-state index contributed by atoms with van der Waals surface area (Å²) in [5.41, 5.74) is 2.71. The normalized spacial score (nSPS) is 11.5. The molecule has 0 radical (unpaired) electrons. The molecule has 0 amide bonds. The van der Waals surface area contributed by atoms with Gasteiger partial charge in [0, 0.05) is 10.9 Å². The van der Waals surface area contributed by atoms with E-state index in [2.05, 4.69) is 35.3 Å². The quantitative estimate of drug-likeness (QED) is 0.446. The summed E-state index contributed by atoms with van der Waals surface area (Å²) in [6.07, 6.45) is 0. The molecule has 0 spiro atoms. The van der Waals surface area contributed by atoms with Crippen LogP contribution < -0.4 is 5.56 Å². The number of para-hydroxylation sites is 2. The van der Waals surface area contributed by atoms with E-state index in [0.29, 0.717) is 0 Å². The van der Waals surface area contributed by atoms with Gasteiger partial charge in [-0.25, -0.2) is 4.98 Å². The zero-order valence-corrected chi connectivity index (χ0v) is 13.5. The molecule has 0 aliphatic rings. The van der Waals surface area contributed by atoms with Crippen LogP contribution in [0.25, 0.3) is 37.2 Å². The number of hydrogen-bond donors (Lipinski definition) is 0. The number of imidazole rings is 1. The molecule has 0 aliphatic carbocycles. The van der Waals surface area contributed by atoms with Crippen LogP contribution in [-0.2, 0) is 0 Å². The molecule has 0 saturated heterocycles. The standard InChI is InChI=1S/C20H12N2OS/c23-19-12-18(15-10-9-13-5-1-2-6-14(13)11-15)24-20-21-16-7-3-4-8-17(16)22(19)20/h1-12H. The van der Waals surface area contributed by atoms with Crippen LogP contribution in [0.15, 0.2) is 77.6 Å².